The van der Waals surface area contributed by atoms with Crippen LogP contribution in [0.15, 0.2) is 48.5 Å². The molecular weight excluding hydrogens is 440 g/mol. The summed E-state index contributed by atoms with van der Waals surface area (Å²) in [6.45, 7) is 4.45. The Bertz CT molecular complexity index is 914. The van der Waals surface area contributed by atoms with Gasteiger partial charge < -0.3 is 10.2 Å². The number of nitrogens with one attached hydrogen (secondary N) is 1. The van der Waals surface area contributed by atoms with Crippen molar-refractivity contribution in [1.29, 1.82) is 0 Å². The molecule has 2 amide bonds. The number of carbonyl (C=O) groups excluding carboxylic acids is 2. The van der Waals surface area contributed by atoms with Gasteiger partial charge in [0, 0.05) is 23.4 Å². The summed E-state index contributed by atoms with van der Waals surface area (Å²) in [5.74, 6) is 0.924. The molecule has 0 bridgehead atoms. The van der Waals surface area contributed by atoms with E-state index < -0.39 is 6.04 Å². The number of benzene rings is 2. The summed E-state index contributed by atoms with van der Waals surface area (Å²) in [4.78, 5) is 28.2. The van der Waals surface area contributed by atoms with Crippen molar-refractivity contribution in [1.82, 2.24) is 10.2 Å². The number of thioether (sulfide) groups is 1. The molecule has 0 unspecified atom stereocenters. The molecule has 1 aliphatic carbocycles. The minimum Gasteiger partial charge on any atom is -0.352 e. The number of nitrogens with zero attached hydrogens (tertiary/aromatic N) is 1. The van der Waals surface area contributed by atoms with Crippen LogP contribution in [0.25, 0.3) is 0 Å². The van der Waals surface area contributed by atoms with Gasteiger partial charge in [0.15, 0.2) is 0 Å². The van der Waals surface area contributed by atoms with Crippen LogP contribution in [-0.4, -0.2) is 34.6 Å². The van der Waals surface area contributed by atoms with E-state index in [1.807, 2.05) is 56.3 Å². The zero-order valence-electron chi connectivity index (χ0n) is 19.0. The van der Waals surface area contributed by atoms with Crippen LogP contribution >= 0.6 is 23.4 Å². The number of amides is 2. The van der Waals surface area contributed by atoms with Crippen molar-refractivity contribution in [2.24, 2.45) is 0 Å². The summed E-state index contributed by atoms with van der Waals surface area (Å²) < 4.78 is 0. The second kappa shape index (κ2) is 12.3. The van der Waals surface area contributed by atoms with E-state index in [9.17, 15) is 9.59 Å². The molecule has 1 atom stereocenters. The maximum absolute atomic E-state index is 13.3. The molecule has 1 aliphatic rings. The van der Waals surface area contributed by atoms with E-state index in [0.717, 1.165) is 42.4 Å². The van der Waals surface area contributed by atoms with Gasteiger partial charge in [-0.05, 0) is 43.4 Å². The number of hydrogen-bond acceptors (Lipinski definition) is 3. The Kier molecular flexibility index (Phi) is 9.49. The third kappa shape index (κ3) is 7.01. The van der Waals surface area contributed by atoms with Crippen molar-refractivity contribution in [2.45, 2.75) is 70.3 Å². The smallest absolute Gasteiger partial charge is 0.243 e. The van der Waals surface area contributed by atoms with Crippen LogP contribution in [0.1, 0.15) is 55.7 Å². The van der Waals surface area contributed by atoms with Crippen molar-refractivity contribution in [3.63, 3.8) is 0 Å². The van der Waals surface area contributed by atoms with Crippen molar-refractivity contribution >= 4 is 35.2 Å². The van der Waals surface area contributed by atoms with E-state index in [2.05, 4.69) is 11.4 Å². The summed E-state index contributed by atoms with van der Waals surface area (Å²) in [6, 6.07) is 15.6. The van der Waals surface area contributed by atoms with Crippen LogP contribution in [-0.2, 0) is 21.9 Å². The summed E-state index contributed by atoms with van der Waals surface area (Å²) in [5, 5.41) is 3.91. The maximum Gasteiger partial charge on any atom is 0.243 e. The molecule has 0 aliphatic heterocycles. The Morgan fingerprint density at radius 3 is 2.59 bits per heavy atom. The molecule has 1 N–H and O–H groups in total. The second-order valence-corrected chi connectivity index (χ2v) is 9.90. The summed E-state index contributed by atoms with van der Waals surface area (Å²) in [5.41, 5.74) is 3.20. The van der Waals surface area contributed by atoms with Crippen LogP contribution in [0.5, 0.6) is 0 Å². The van der Waals surface area contributed by atoms with Gasteiger partial charge in [0.25, 0.3) is 0 Å². The van der Waals surface area contributed by atoms with Gasteiger partial charge in [-0.25, -0.2) is 0 Å². The molecule has 2 aromatic carbocycles. The predicted octanol–water partition coefficient (Wildman–Crippen LogP) is 5.75. The third-order valence-corrected chi connectivity index (χ3v) is 7.30. The van der Waals surface area contributed by atoms with Crippen LogP contribution in [0, 0.1) is 6.92 Å². The number of rotatable bonds is 10. The SMILES string of the molecule is CC[C@@H](C(=O)NC1CCCC1)N(Cc1cccc(C)c1)C(=O)CSCc1ccccc1Cl. The Morgan fingerprint density at radius 2 is 1.91 bits per heavy atom. The summed E-state index contributed by atoms with van der Waals surface area (Å²) in [7, 11) is 0. The highest BCUT2D eigenvalue weighted by atomic mass is 35.5. The fourth-order valence-electron chi connectivity index (χ4n) is 4.24. The third-order valence-electron chi connectivity index (χ3n) is 5.96. The quantitative estimate of drug-likeness (QED) is 0.479. The average Bonchev–Trinajstić information content (AvgIpc) is 3.28. The molecular formula is C26H33ClN2O2S. The first-order valence-corrected chi connectivity index (χ1v) is 13.0. The lowest BCUT2D eigenvalue weighted by atomic mass is 10.1. The Balaban J connectivity index is 1.71. The van der Waals surface area contributed by atoms with Crippen molar-refractivity contribution < 1.29 is 9.59 Å². The molecule has 32 heavy (non-hydrogen) atoms. The molecule has 6 heteroatoms. The van der Waals surface area contributed by atoms with E-state index in [1.165, 1.54) is 11.8 Å². The molecule has 0 heterocycles. The minimum atomic E-state index is -0.468. The van der Waals surface area contributed by atoms with E-state index >= 15 is 0 Å². The fraction of sp³-hybridized carbons (Fsp3) is 0.462. The van der Waals surface area contributed by atoms with Gasteiger partial charge >= 0.3 is 0 Å². The van der Waals surface area contributed by atoms with Gasteiger partial charge in [-0.15, -0.1) is 11.8 Å². The molecule has 4 nitrogen and oxygen atoms in total. The Hall–Kier alpha value is -1.98. The van der Waals surface area contributed by atoms with E-state index in [-0.39, 0.29) is 17.9 Å². The van der Waals surface area contributed by atoms with Gasteiger partial charge in [-0.3, -0.25) is 9.59 Å². The molecule has 0 spiro atoms. The first-order valence-electron chi connectivity index (χ1n) is 11.4. The monoisotopic (exact) mass is 472 g/mol. The standard InChI is InChI=1S/C26H33ClN2O2S/c1-3-24(26(31)28-22-12-5-6-13-22)29(16-20-10-8-9-19(2)15-20)25(30)18-32-17-21-11-4-7-14-23(21)27/h4,7-11,14-15,22,24H,3,5-6,12-13,16-18H2,1-2H3,(H,28,31)/t24-/m0/s1. The van der Waals surface area contributed by atoms with Gasteiger partial charge in [0.2, 0.25) is 11.8 Å². The fourth-order valence-corrected chi connectivity index (χ4v) is 5.44. The van der Waals surface area contributed by atoms with E-state index in [1.54, 1.807) is 4.90 Å². The second-order valence-electron chi connectivity index (χ2n) is 8.51. The molecule has 0 radical (unpaired) electrons. The van der Waals surface area contributed by atoms with Crippen LogP contribution in [0.3, 0.4) is 0 Å². The average molecular weight is 473 g/mol. The molecule has 1 saturated carbocycles. The lowest BCUT2D eigenvalue weighted by molar-refractivity contribution is -0.139. The number of halogens is 1. The highest BCUT2D eigenvalue weighted by molar-refractivity contribution is 7.99. The van der Waals surface area contributed by atoms with Gasteiger partial charge in [-0.2, -0.15) is 0 Å². The highest BCUT2D eigenvalue weighted by Gasteiger charge is 2.30. The van der Waals surface area contributed by atoms with Gasteiger partial charge in [0.1, 0.15) is 6.04 Å². The number of aryl methyl sites for hydroxylation is 1. The maximum atomic E-state index is 13.3. The zero-order chi connectivity index (χ0) is 22.9. The topological polar surface area (TPSA) is 49.4 Å². The predicted molar refractivity (Wildman–Crippen MR) is 134 cm³/mol. The van der Waals surface area contributed by atoms with Crippen LogP contribution < -0.4 is 5.32 Å². The highest BCUT2D eigenvalue weighted by Crippen LogP contribution is 2.23. The lowest BCUT2D eigenvalue weighted by Gasteiger charge is -2.31. The van der Waals surface area contributed by atoms with Crippen LogP contribution in [0.4, 0.5) is 0 Å². The van der Waals surface area contributed by atoms with Crippen LogP contribution in [0.2, 0.25) is 5.02 Å². The van der Waals surface area contributed by atoms with E-state index in [4.69, 9.17) is 11.6 Å². The Morgan fingerprint density at radius 1 is 1.16 bits per heavy atom. The molecule has 172 valence electrons. The molecule has 3 rings (SSSR count). The molecule has 1 fully saturated rings. The molecule has 0 aromatic heterocycles. The lowest BCUT2D eigenvalue weighted by Crippen LogP contribution is -2.51. The largest absolute Gasteiger partial charge is 0.352 e. The normalized spacial score (nSPS) is 14.8. The summed E-state index contributed by atoms with van der Waals surface area (Å²) >= 11 is 7.79. The van der Waals surface area contributed by atoms with Gasteiger partial charge in [-0.1, -0.05) is 79.4 Å². The first kappa shape index (κ1) is 24.7. The first-order chi connectivity index (χ1) is 15.5. The molecule has 2 aromatic rings. The summed E-state index contributed by atoms with van der Waals surface area (Å²) in [6.07, 6.45) is 4.97. The number of hydrogen-bond donors (Lipinski definition) is 1. The molecule has 0 saturated heterocycles. The zero-order valence-corrected chi connectivity index (χ0v) is 20.6. The number of carbonyl (C=O) groups is 2. The van der Waals surface area contributed by atoms with Gasteiger partial charge in [0.05, 0.1) is 5.75 Å². The van der Waals surface area contributed by atoms with Crippen molar-refractivity contribution in [3.05, 3.63) is 70.2 Å². The van der Waals surface area contributed by atoms with Crippen molar-refractivity contribution in [2.75, 3.05) is 5.75 Å². The van der Waals surface area contributed by atoms with E-state index in [0.29, 0.717) is 29.5 Å². The Labute approximate surface area is 201 Å². The van der Waals surface area contributed by atoms with Crippen molar-refractivity contribution in [3.8, 4) is 0 Å². The minimum absolute atomic E-state index is 0.0167.